The van der Waals surface area contributed by atoms with Gasteiger partial charge in [0, 0.05) is 6.92 Å². The maximum Gasteiger partial charge on any atom is 0.339 e. The maximum absolute atomic E-state index is 12.6. The quantitative estimate of drug-likeness (QED) is 0.690. The molecule has 6 heteroatoms. The van der Waals surface area contributed by atoms with Crippen molar-refractivity contribution in [1.29, 1.82) is 0 Å². The van der Waals surface area contributed by atoms with Crippen LogP contribution in [0.15, 0.2) is 83.8 Å². The van der Waals surface area contributed by atoms with E-state index in [1.54, 1.807) is 30.3 Å². The van der Waals surface area contributed by atoms with Gasteiger partial charge in [0.2, 0.25) is 5.91 Å². The third kappa shape index (κ3) is 4.10. The Balaban J connectivity index is 1.86. The lowest BCUT2D eigenvalue weighted by Gasteiger charge is -2.12. The molecule has 0 bridgehead atoms. The highest BCUT2D eigenvalue weighted by atomic mass is 32.2. The zero-order valence-corrected chi connectivity index (χ0v) is 14.9. The van der Waals surface area contributed by atoms with Gasteiger partial charge in [0.1, 0.15) is 4.90 Å². The third-order valence-corrected chi connectivity index (χ3v) is 4.90. The zero-order valence-electron chi connectivity index (χ0n) is 14.0. The van der Waals surface area contributed by atoms with E-state index in [0.717, 1.165) is 11.1 Å². The van der Waals surface area contributed by atoms with E-state index in [9.17, 15) is 13.2 Å². The SMILES string of the molecule is CC(=O)Nc1ccccc1OS(=O)(=O)c1ccc(-c2ccccc2)cc1. The molecule has 0 aliphatic heterocycles. The molecule has 3 aromatic rings. The average molecular weight is 367 g/mol. The molecule has 1 amide bonds. The highest BCUT2D eigenvalue weighted by Crippen LogP contribution is 2.28. The maximum atomic E-state index is 12.6. The molecule has 3 rings (SSSR count). The first-order valence-electron chi connectivity index (χ1n) is 7.92. The number of amides is 1. The molecular weight excluding hydrogens is 350 g/mol. The minimum absolute atomic E-state index is 0.0369. The van der Waals surface area contributed by atoms with Gasteiger partial charge in [-0.15, -0.1) is 0 Å². The van der Waals surface area contributed by atoms with Crippen LogP contribution >= 0.6 is 0 Å². The van der Waals surface area contributed by atoms with Crippen molar-refractivity contribution < 1.29 is 17.4 Å². The van der Waals surface area contributed by atoms with Gasteiger partial charge in [-0.25, -0.2) is 0 Å². The summed E-state index contributed by atoms with van der Waals surface area (Å²) in [6, 6.07) is 22.5. The summed E-state index contributed by atoms with van der Waals surface area (Å²) in [5.74, 6) is -0.250. The predicted molar refractivity (Wildman–Crippen MR) is 100 cm³/mol. The average Bonchev–Trinajstić information content (AvgIpc) is 2.64. The van der Waals surface area contributed by atoms with Crippen LogP contribution in [0.4, 0.5) is 5.69 Å². The van der Waals surface area contributed by atoms with Crippen LogP contribution in [-0.4, -0.2) is 14.3 Å². The lowest BCUT2D eigenvalue weighted by Crippen LogP contribution is -2.13. The Hall–Kier alpha value is -3.12. The first-order chi connectivity index (χ1) is 12.5. The summed E-state index contributed by atoms with van der Waals surface area (Å²) in [4.78, 5) is 11.3. The van der Waals surface area contributed by atoms with Gasteiger partial charge in [-0.05, 0) is 35.4 Å². The summed E-state index contributed by atoms with van der Waals surface area (Å²) >= 11 is 0. The van der Waals surface area contributed by atoms with Crippen LogP contribution in [-0.2, 0) is 14.9 Å². The van der Waals surface area contributed by atoms with Crippen molar-refractivity contribution >= 4 is 21.7 Å². The Kier molecular flexibility index (Phi) is 5.04. The second-order valence-corrected chi connectivity index (χ2v) is 7.15. The van der Waals surface area contributed by atoms with Crippen LogP contribution in [0.25, 0.3) is 11.1 Å². The van der Waals surface area contributed by atoms with Crippen molar-refractivity contribution in [3.8, 4) is 16.9 Å². The molecule has 0 heterocycles. The third-order valence-electron chi connectivity index (χ3n) is 3.65. The molecule has 1 N–H and O–H groups in total. The van der Waals surface area contributed by atoms with Gasteiger partial charge < -0.3 is 9.50 Å². The van der Waals surface area contributed by atoms with Gasteiger partial charge >= 0.3 is 10.1 Å². The standard InChI is InChI=1S/C20H17NO4S/c1-15(22)21-19-9-5-6-10-20(19)25-26(23,24)18-13-11-17(12-14-18)16-7-3-2-4-8-16/h2-14H,1H3,(H,21,22). The van der Waals surface area contributed by atoms with E-state index in [0.29, 0.717) is 5.69 Å². The Morgan fingerprint density at radius 1 is 0.808 bits per heavy atom. The van der Waals surface area contributed by atoms with Crippen LogP contribution in [0, 0.1) is 0 Å². The molecule has 0 atom stereocenters. The Morgan fingerprint density at radius 3 is 2.04 bits per heavy atom. The first kappa shape index (κ1) is 17.7. The second-order valence-electron chi connectivity index (χ2n) is 5.61. The Morgan fingerprint density at radius 2 is 1.38 bits per heavy atom. The van der Waals surface area contributed by atoms with Crippen molar-refractivity contribution in [2.24, 2.45) is 0 Å². The Labute approximate surface area is 152 Å². The molecule has 3 aromatic carbocycles. The monoisotopic (exact) mass is 367 g/mol. The number of anilines is 1. The van der Waals surface area contributed by atoms with Crippen molar-refractivity contribution in [2.75, 3.05) is 5.32 Å². The molecule has 0 aliphatic rings. The molecule has 0 radical (unpaired) electrons. The normalized spacial score (nSPS) is 11.0. The zero-order chi connectivity index (χ0) is 18.6. The van der Waals surface area contributed by atoms with E-state index in [-0.39, 0.29) is 16.6 Å². The Bertz CT molecular complexity index is 1010. The van der Waals surface area contributed by atoms with Gasteiger partial charge in [0.05, 0.1) is 5.69 Å². The van der Waals surface area contributed by atoms with E-state index in [1.807, 2.05) is 30.3 Å². The number of para-hydroxylation sites is 2. The van der Waals surface area contributed by atoms with Crippen LogP contribution in [0.3, 0.4) is 0 Å². The number of carbonyl (C=O) groups excluding carboxylic acids is 1. The highest BCUT2D eigenvalue weighted by Gasteiger charge is 2.19. The molecule has 0 unspecified atom stereocenters. The lowest BCUT2D eigenvalue weighted by atomic mass is 10.1. The number of hydrogen-bond acceptors (Lipinski definition) is 4. The molecule has 132 valence electrons. The predicted octanol–water partition coefficient (Wildman–Crippen LogP) is 4.08. The van der Waals surface area contributed by atoms with E-state index < -0.39 is 10.1 Å². The van der Waals surface area contributed by atoms with Crippen molar-refractivity contribution in [2.45, 2.75) is 11.8 Å². The number of hydrogen-bond donors (Lipinski definition) is 1. The molecule has 0 aliphatic carbocycles. The van der Waals surface area contributed by atoms with Crippen LogP contribution in [0.1, 0.15) is 6.92 Å². The summed E-state index contributed by atoms with van der Waals surface area (Å²) < 4.78 is 30.3. The fourth-order valence-electron chi connectivity index (χ4n) is 2.44. The van der Waals surface area contributed by atoms with Gasteiger partial charge in [-0.2, -0.15) is 8.42 Å². The number of rotatable bonds is 5. The van der Waals surface area contributed by atoms with Crippen LogP contribution < -0.4 is 9.50 Å². The van der Waals surface area contributed by atoms with Crippen LogP contribution in [0.2, 0.25) is 0 Å². The first-order valence-corrected chi connectivity index (χ1v) is 9.33. The minimum atomic E-state index is -4.02. The van der Waals surface area contributed by atoms with Crippen molar-refractivity contribution in [3.05, 3.63) is 78.9 Å². The van der Waals surface area contributed by atoms with E-state index in [2.05, 4.69) is 5.32 Å². The number of nitrogens with one attached hydrogen (secondary N) is 1. The number of benzene rings is 3. The molecule has 5 nitrogen and oxygen atoms in total. The molecule has 0 saturated carbocycles. The molecular formula is C20H17NO4S. The lowest BCUT2D eigenvalue weighted by molar-refractivity contribution is -0.114. The van der Waals surface area contributed by atoms with Crippen molar-refractivity contribution in [1.82, 2.24) is 0 Å². The molecule has 0 fully saturated rings. The smallest absolute Gasteiger partial charge is 0.339 e. The summed E-state index contributed by atoms with van der Waals surface area (Å²) in [5.41, 5.74) is 2.20. The summed E-state index contributed by atoms with van der Waals surface area (Å²) in [6.07, 6.45) is 0. The summed E-state index contributed by atoms with van der Waals surface area (Å²) in [7, 11) is -4.02. The largest absolute Gasteiger partial charge is 0.377 e. The van der Waals surface area contributed by atoms with Gasteiger partial charge in [0.15, 0.2) is 5.75 Å². The molecule has 0 spiro atoms. The van der Waals surface area contributed by atoms with Gasteiger partial charge in [-0.1, -0.05) is 54.6 Å². The summed E-state index contributed by atoms with van der Waals surface area (Å²) in [5, 5.41) is 2.55. The number of carbonyl (C=O) groups is 1. The van der Waals surface area contributed by atoms with Gasteiger partial charge in [0.25, 0.3) is 0 Å². The fraction of sp³-hybridized carbons (Fsp3) is 0.0500. The molecule has 0 aromatic heterocycles. The second kappa shape index (κ2) is 7.41. The fourth-order valence-corrected chi connectivity index (χ4v) is 3.39. The minimum Gasteiger partial charge on any atom is -0.377 e. The van der Waals surface area contributed by atoms with E-state index in [4.69, 9.17) is 4.18 Å². The van der Waals surface area contributed by atoms with Crippen molar-refractivity contribution in [3.63, 3.8) is 0 Å². The van der Waals surface area contributed by atoms with Crippen LogP contribution in [0.5, 0.6) is 5.75 Å². The van der Waals surface area contributed by atoms with E-state index in [1.165, 1.54) is 25.1 Å². The van der Waals surface area contributed by atoms with E-state index >= 15 is 0 Å². The summed E-state index contributed by atoms with van der Waals surface area (Å²) in [6.45, 7) is 1.34. The highest BCUT2D eigenvalue weighted by molar-refractivity contribution is 7.87. The molecule has 26 heavy (non-hydrogen) atoms. The topological polar surface area (TPSA) is 72.5 Å². The van der Waals surface area contributed by atoms with Gasteiger partial charge in [-0.3, -0.25) is 4.79 Å². The molecule has 0 saturated heterocycles.